The van der Waals surface area contributed by atoms with Crippen LogP contribution in [0.15, 0.2) is 133 Å². The number of carbonyl (C=O) groups is 1. The third-order valence-corrected chi connectivity index (χ3v) is 8.46. The fourth-order valence-corrected chi connectivity index (χ4v) is 6.73. The van der Waals surface area contributed by atoms with Crippen molar-refractivity contribution >= 4 is 49.4 Å². The van der Waals surface area contributed by atoms with Crippen LogP contribution >= 0.6 is 0 Å². The zero-order valence-corrected chi connectivity index (χ0v) is 21.5. The molecule has 2 aromatic heterocycles. The van der Waals surface area contributed by atoms with E-state index in [0.29, 0.717) is 0 Å². The topological polar surface area (TPSA) is 26.9 Å². The summed E-state index contributed by atoms with van der Waals surface area (Å²) >= 11 is 0. The predicted molar refractivity (Wildman–Crippen MR) is 164 cm³/mol. The van der Waals surface area contributed by atoms with Crippen molar-refractivity contribution in [1.82, 2.24) is 9.13 Å². The second-order valence-electron chi connectivity index (χ2n) is 10.5. The number of para-hydroxylation sites is 4. The summed E-state index contributed by atoms with van der Waals surface area (Å²) in [6.45, 7) is 0. The number of rotatable bonds is 2. The van der Waals surface area contributed by atoms with Gasteiger partial charge in [0, 0.05) is 44.0 Å². The van der Waals surface area contributed by atoms with Gasteiger partial charge in [-0.2, -0.15) is 0 Å². The summed E-state index contributed by atoms with van der Waals surface area (Å²) in [6, 6.07) is 46.5. The van der Waals surface area contributed by atoms with E-state index in [1.54, 1.807) is 0 Å². The molecule has 0 N–H and O–H groups in total. The minimum atomic E-state index is 0.0789. The summed E-state index contributed by atoms with van der Waals surface area (Å²) in [5.74, 6) is 0.0789. The number of fused-ring (bicyclic) bond motifs is 9. The summed E-state index contributed by atoms with van der Waals surface area (Å²) in [7, 11) is 0. The van der Waals surface area contributed by atoms with Crippen LogP contribution in [0.3, 0.4) is 0 Å². The van der Waals surface area contributed by atoms with Gasteiger partial charge in [0.15, 0.2) is 5.78 Å². The van der Waals surface area contributed by atoms with Gasteiger partial charge in [0.05, 0.1) is 22.1 Å². The second kappa shape index (κ2) is 7.81. The quantitative estimate of drug-likeness (QED) is 0.228. The van der Waals surface area contributed by atoms with E-state index in [4.69, 9.17) is 0 Å². The SMILES string of the molecule is O=C1c2cc(-n3c4ccccc4c4ccccc43)ccc2-c2ccc(-n3c4ccccc4c4ccccc43)cc21. The highest BCUT2D eigenvalue weighted by Crippen LogP contribution is 2.41. The van der Waals surface area contributed by atoms with Crippen molar-refractivity contribution in [2.45, 2.75) is 0 Å². The van der Waals surface area contributed by atoms with Crippen LogP contribution in [0.4, 0.5) is 0 Å². The summed E-state index contributed by atoms with van der Waals surface area (Å²) in [4.78, 5) is 14.0. The standard InChI is InChI=1S/C37H22N2O/c40-37-31-21-23(38-33-13-5-1-9-27(33)28-10-2-6-14-34(28)38)17-19-25(31)26-20-18-24(22-32(26)37)39-35-15-7-3-11-29(35)30-12-4-8-16-36(30)39/h1-22H. The van der Waals surface area contributed by atoms with E-state index in [-0.39, 0.29) is 5.78 Å². The molecule has 0 unspecified atom stereocenters. The van der Waals surface area contributed by atoms with Crippen LogP contribution < -0.4 is 0 Å². The van der Waals surface area contributed by atoms with E-state index in [9.17, 15) is 4.79 Å². The number of hydrogen-bond donors (Lipinski definition) is 0. The van der Waals surface area contributed by atoms with E-state index >= 15 is 0 Å². The fourth-order valence-electron chi connectivity index (χ4n) is 6.73. The molecule has 0 radical (unpaired) electrons. The van der Waals surface area contributed by atoms with Crippen LogP contribution in [0.5, 0.6) is 0 Å². The van der Waals surface area contributed by atoms with E-state index in [1.165, 1.54) is 21.5 Å². The molecule has 1 aliphatic rings. The first-order valence-electron chi connectivity index (χ1n) is 13.6. The van der Waals surface area contributed by atoms with E-state index in [2.05, 4.69) is 143 Å². The van der Waals surface area contributed by atoms with Crippen molar-refractivity contribution < 1.29 is 4.79 Å². The van der Waals surface area contributed by atoms with E-state index < -0.39 is 0 Å². The van der Waals surface area contributed by atoms with Gasteiger partial charge < -0.3 is 9.13 Å². The van der Waals surface area contributed by atoms with Crippen LogP contribution in [-0.4, -0.2) is 14.9 Å². The molecule has 0 spiro atoms. The summed E-state index contributed by atoms with van der Waals surface area (Å²) < 4.78 is 4.54. The Balaban J connectivity index is 1.22. The number of benzene rings is 6. The predicted octanol–water partition coefficient (Wildman–Crippen LogP) is 9.09. The van der Waals surface area contributed by atoms with Crippen molar-refractivity contribution in [3.63, 3.8) is 0 Å². The normalized spacial score (nSPS) is 12.6. The first-order chi connectivity index (χ1) is 19.8. The van der Waals surface area contributed by atoms with Crippen LogP contribution in [0.25, 0.3) is 66.1 Å². The zero-order chi connectivity index (χ0) is 26.4. The maximum atomic E-state index is 14.0. The minimum absolute atomic E-state index is 0.0789. The molecule has 6 aromatic carbocycles. The van der Waals surface area contributed by atoms with Gasteiger partial charge in [-0.15, -0.1) is 0 Å². The molecule has 1 aliphatic carbocycles. The van der Waals surface area contributed by atoms with Crippen molar-refractivity contribution in [2.24, 2.45) is 0 Å². The second-order valence-corrected chi connectivity index (χ2v) is 10.5. The number of aromatic nitrogens is 2. The molecule has 0 atom stereocenters. The largest absolute Gasteiger partial charge is 0.309 e. The lowest BCUT2D eigenvalue weighted by molar-refractivity contribution is 0.104. The number of hydrogen-bond acceptors (Lipinski definition) is 1. The molecular weight excluding hydrogens is 488 g/mol. The molecule has 3 nitrogen and oxygen atoms in total. The minimum Gasteiger partial charge on any atom is -0.309 e. The lowest BCUT2D eigenvalue weighted by Crippen LogP contribution is -2.00. The molecule has 0 bridgehead atoms. The van der Waals surface area contributed by atoms with Crippen molar-refractivity contribution in [2.75, 3.05) is 0 Å². The Hall–Kier alpha value is -5.41. The first-order valence-corrected chi connectivity index (χ1v) is 13.6. The van der Waals surface area contributed by atoms with Gasteiger partial charge in [0.1, 0.15) is 0 Å². The van der Waals surface area contributed by atoms with Gasteiger partial charge in [-0.25, -0.2) is 0 Å². The molecule has 0 saturated heterocycles. The maximum Gasteiger partial charge on any atom is 0.194 e. The molecule has 8 aromatic rings. The average molecular weight is 511 g/mol. The van der Waals surface area contributed by atoms with Crippen LogP contribution in [-0.2, 0) is 0 Å². The summed E-state index contributed by atoms with van der Waals surface area (Å²) in [5, 5.41) is 4.85. The maximum absolute atomic E-state index is 14.0. The summed E-state index contributed by atoms with van der Waals surface area (Å²) in [5.41, 5.74) is 10.1. The Morgan fingerprint density at radius 1 is 0.350 bits per heavy atom. The third-order valence-electron chi connectivity index (χ3n) is 8.46. The number of ketones is 1. The van der Waals surface area contributed by atoms with Gasteiger partial charge in [-0.1, -0.05) is 84.9 Å². The fraction of sp³-hybridized carbons (Fsp3) is 0. The molecule has 0 amide bonds. The Bertz CT molecular complexity index is 2080. The lowest BCUT2D eigenvalue weighted by atomic mass is 10.0. The van der Waals surface area contributed by atoms with Crippen molar-refractivity contribution in [3.05, 3.63) is 145 Å². The molecule has 40 heavy (non-hydrogen) atoms. The van der Waals surface area contributed by atoms with Gasteiger partial charge in [-0.05, 0) is 59.7 Å². The number of carbonyl (C=O) groups excluding carboxylic acids is 1. The highest BCUT2D eigenvalue weighted by atomic mass is 16.1. The van der Waals surface area contributed by atoms with E-state index in [0.717, 1.165) is 55.7 Å². The monoisotopic (exact) mass is 510 g/mol. The third kappa shape index (κ3) is 2.76. The molecule has 0 aliphatic heterocycles. The Morgan fingerprint density at radius 3 is 1.02 bits per heavy atom. The lowest BCUT2D eigenvalue weighted by Gasteiger charge is -2.10. The van der Waals surface area contributed by atoms with Gasteiger partial charge >= 0.3 is 0 Å². The highest BCUT2D eigenvalue weighted by Gasteiger charge is 2.28. The smallest absolute Gasteiger partial charge is 0.194 e. The van der Waals surface area contributed by atoms with Gasteiger partial charge in [0.2, 0.25) is 0 Å². The van der Waals surface area contributed by atoms with Crippen LogP contribution in [0, 0.1) is 0 Å². The first kappa shape index (κ1) is 21.5. The number of nitrogens with zero attached hydrogens (tertiary/aromatic N) is 2. The molecule has 0 fully saturated rings. The van der Waals surface area contributed by atoms with Gasteiger partial charge in [-0.3, -0.25) is 4.79 Å². The molecule has 9 rings (SSSR count). The highest BCUT2D eigenvalue weighted by molar-refractivity contribution is 6.22. The van der Waals surface area contributed by atoms with Crippen LogP contribution in [0.1, 0.15) is 15.9 Å². The Kier molecular flexibility index (Phi) is 4.20. The molecule has 2 heterocycles. The average Bonchev–Trinajstić information content (AvgIpc) is 3.63. The molecule has 3 heteroatoms. The van der Waals surface area contributed by atoms with E-state index in [1.807, 2.05) is 0 Å². The van der Waals surface area contributed by atoms with Gasteiger partial charge in [0.25, 0.3) is 0 Å². The Labute approximate surface area is 230 Å². The summed E-state index contributed by atoms with van der Waals surface area (Å²) in [6.07, 6.45) is 0. The molecule has 0 saturated carbocycles. The molecular formula is C37H22N2O. The zero-order valence-electron chi connectivity index (χ0n) is 21.5. The van der Waals surface area contributed by atoms with Crippen LogP contribution in [0.2, 0.25) is 0 Å². The Morgan fingerprint density at radius 2 is 0.675 bits per heavy atom. The van der Waals surface area contributed by atoms with Crippen molar-refractivity contribution in [1.29, 1.82) is 0 Å². The molecule has 186 valence electrons. The van der Waals surface area contributed by atoms with Crippen molar-refractivity contribution in [3.8, 4) is 22.5 Å².